The van der Waals surface area contributed by atoms with Gasteiger partial charge in [-0.2, -0.15) is 0 Å². The van der Waals surface area contributed by atoms with Crippen LogP contribution in [-0.2, 0) is 30.9 Å². The van der Waals surface area contributed by atoms with Crippen molar-refractivity contribution in [3.05, 3.63) is 130 Å². The summed E-state index contributed by atoms with van der Waals surface area (Å²) in [5.74, 6) is 0.766. The number of rotatable bonds is 14. The van der Waals surface area contributed by atoms with Crippen LogP contribution >= 0.6 is 0 Å². The molecule has 0 radical (unpaired) electrons. The van der Waals surface area contributed by atoms with Crippen LogP contribution in [0.4, 0.5) is 0 Å². The Balaban J connectivity index is 0.859. The number of esters is 2. The standard InChI is InChI=1S/C79H102O7/c1-51(18-15-21-54-19-7-5-8-20-54)27-30-65(81)79-66(82)33-39-72(4,71(79)64(86-53(3)80)44-52(2)78(79,84)41-31-55-45-67(83)85-48-55)58-32-40-77-50-73(42-43-75(49-73)37-17-36-74(75)34-13-14-35-74)63-47-76(57-23-9-6-10-24-57)38-12-11-26-61(76)60-29-28-56-22-16-25-59(62(77)46-58)68(56)69(60)70(63)77/h5-10,16,19-20,22-25,28-29,45,51-52,58,61-66,70-71,81-82,84H,11-15,17-18,21,26-27,30-44,46-50H2,1-4H3/t51-,52-,58-,61+,62-,63+,64-,65+,66-,70+,71+,72+,73-,75+,76-,77-,78-,79+/m1/s1. The van der Waals surface area contributed by atoms with E-state index in [1.807, 2.05) is 0 Å². The van der Waals surface area contributed by atoms with Gasteiger partial charge in [0.05, 0.1) is 23.2 Å². The van der Waals surface area contributed by atoms with Crippen LogP contribution < -0.4 is 0 Å². The van der Waals surface area contributed by atoms with E-state index in [1.54, 1.807) is 33.7 Å². The zero-order chi connectivity index (χ0) is 59.1. The van der Waals surface area contributed by atoms with E-state index in [0.717, 1.165) is 56.9 Å². The predicted octanol–water partition coefficient (Wildman–Crippen LogP) is 17.3. The molecule has 0 unspecified atom stereocenters. The zero-order valence-electron chi connectivity index (χ0n) is 52.8. The summed E-state index contributed by atoms with van der Waals surface area (Å²) in [6.45, 7) is 8.58. The van der Waals surface area contributed by atoms with Gasteiger partial charge in [-0.05, 0) is 260 Å². The molecule has 0 amide bonds. The lowest BCUT2D eigenvalue weighted by atomic mass is 9.36. The molecule has 8 saturated carbocycles. The quantitative estimate of drug-likeness (QED) is 0.108. The Kier molecular flexibility index (Phi) is 14.5. The van der Waals surface area contributed by atoms with Crippen molar-refractivity contribution in [2.45, 2.75) is 261 Å². The van der Waals surface area contributed by atoms with Crippen LogP contribution in [0.3, 0.4) is 0 Å². The number of aliphatic hydroxyl groups excluding tert-OH is 2. The molecule has 86 heavy (non-hydrogen) atoms. The van der Waals surface area contributed by atoms with E-state index in [2.05, 4.69) is 112 Å². The number of benzene rings is 4. The second-order valence-electron chi connectivity index (χ2n) is 32.4. The van der Waals surface area contributed by atoms with Gasteiger partial charge >= 0.3 is 11.9 Å². The summed E-state index contributed by atoms with van der Waals surface area (Å²) in [7, 11) is 0. The van der Waals surface area contributed by atoms with Crippen LogP contribution in [0.25, 0.3) is 10.8 Å². The molecule has 8 fully saturated rings. The first kappa shape index (κ1) is 58.1. The topological polar surface area (TPSA) is 113 Å². The highest BCUT2D eigenvalue weighted by molar-refractivity contribution is 5.93. The van der Waals surface area contributed by atoms with Gasteiger partial charge in [-0.25, -0.2) is 4.79 Å². The Labute approximate surface area is 514 Å². The van der Waals surface area contributed by atoms with Crippen LogP contribution in [0.15, 0.2) is 103 Å². The van der Waals surface area contributed by atoms with Gasteiger partial charge in [-0.1, -0.05) is 150 Å². The molecule has 7 heteroatoms. The molecular formula is C79H102O7. The van der Waals surface area contributed by atoms with Gasteiger partial charge in [-0.15, -0.1) is 0 Å². The fourth-order valence-electron chi connectivity index (χ4n) is 25.9. The predicted molar refractivity (Wildman–Crippen MR) is 340 cm³/mol. The molecule has 3 N–H and O–H groups in total. The maximum atomic E-state index is 14.3. The van der Waals surface area contributed by atoms with Crippen LogP contribution in [0.5, 0.6) is 0 Å². The van der Waals surface area contributed by atoms with Crippen LogP contribution in [-0.4, -0.2) is 57.8 Å². The number of hydrogen-bond donors (Lipinski definition) is 3. The SMILES string of the molecule is CC(=O)O[C@@H]1C[C@@H](C)[C@](O)(CCC2=CC(=O)OC2)[C@@]2([C@@H](O)CC[C@H](C)CCCc3ccccc3)[C@H](O)CC[C@@](C)([C@@H]3CC[C@]45C[C@]6(CC[C@@]7(CCCC78CCCC8)C6)[C@H]6C[C@@]7(c8ccccc8)CCCC[C@H]7c7ccc8cccc(c8c7[C@H]64)[C@H]5C3)[C@H]12. The third-order valence-corrected chi connectivity index (χ3v) is 29.2. The molecule has 0 aromatic heterocycles. The first-order chi connectivity index (χ1) is 41.5. The summed E-state index contributed by atoms with van der Waals surface area (Å²) in [6, 6.07) is 35.4. The highest BCUT2D eigenvalue weighted by Gasteiger charge is 2.77. The van der Waals surface area contributed by atoms with Crippen LogP contribution in [0.1, 0.15) is 253 Å². The summed E-state index contributed by atoms with van der Waals surface area (Å²) in [5.41, 5.74) is 6.77. The van der Waals surface area contributed by atoms with Crippen LogP contribution in [0.2, 0.25) is 0 Å². The van der Waals surface area contributed by atoms with Gasteiger partial charge in [-0.3, -0.25) is 4.79 Å². The number of ether oxygens (including phenoxy) is 2. The van der Waals surface area contributed by atoms with Crippen molar-refractivity contribution in [2.24, 2.45) is 62.1 Å². The number of fused-ring (bicyclic) bond motifs is 6. The van der Waals surface area contributed by atoms with E-state index >= 15 is 0 Å². The van der Waals surface area contributed by atoms with E-state index < -0.39 is 46.6 Å². The lowest BCUT2D eigenvalue weighted by molar-refractivity contribution is -0.327. The molecule has 1 heterocycles. The van der Waals surface area contributed by atoms with Crippen molar-refractivity contribution < 1.29 is 34.4 Å². The number of hydrogen-bond acceptors (Lipinski definition) is 7. The molecular weight excluding hydrogens is 1060 g/mol. The van der Waals surface area contributed by atoms with E-state index in [1.165, 1.54) is 121 Å². The van der Waals surface area contributed by atoms with Gasteiger partial charge in [0.1, 0.15) is 12.7 Å². The number of carbonyl (C=O) groups is 2. The molecule has 460 valence electrons. The Morgan fingerprint density at radius 3 is 2.29 bits per heavy atom. The molecule has 4 aromatic carbocycles. The average molecular weight is 1160 g/mol. The Morgan fingerprint density at radius 1 is 0.744 bits per heavy atom. The maximum Gasteiger partial charge on any atom is 0.331 e. The minimum Gasteiger partial charge on any atom is -0.462 e. The second-order valence-corrected chi connectivity index (χ2v) is 32.4. The maximum absolute atomic E-state index is 14.3. The van der Waals surface area contributed by atoms with Crippen molar-refractivity contribution in [3.63, 3.8) is 0 Å². The molecule has 7 nitrogen and oxygen atoms in total. The second kappa shape index (κ2) is 21.4. The molecule has 0 bridgehead atoms. The summed E-state index contributed by atoms with van der Waals surface area (Å²) >= 11 is 0. The van der Waals surface area contributed by atoms with Gasteiger partial charge in [0.15, 0.2) is 0 Å². The summed E-state index contributed by atoms with van der Waals surface area (Å²) in [6.07, 6.45) is 30.7. The van der Waals surface area contributed by atoms with Crippen molar-refractivity contribution in [1.29, 1.82) is 0 Å². The fraction of sp³-hybridized carbons (Fsp3) is 0.671. The Bertz CT molecular complexity index is 3250. The third kappa shape index (κ3) is 8.45. The first-order valence-electron chi connectivity index (χ1n) is 35.3. The minimum atomic E-state index is -1.55. The van der Waals surface area contributed by atoms with E-state index in [-0.39, 0.29) is 47.1 Å². The average Bonchev–Trinajstić information content (AvgIpc) is 1.35. The summed E-state index contributed by atoms with van der Waals surface area (Å²) in [4.78, 5) is 26.4. The Hall–Kier alpha value is -4.30. The molecule has 11 aliphatic rings. The first-order valence-corrected chi connectivity index (χ1v) is 35.3. The van der Waals surface area contributed by atoms with E-state index in [0.29, 0.717) is 66.1 Å². The summed E-state index contributed by atoms with van der Waals surface area (Å²) < 4.78 is 12.2. The van der Waals surface area contributed by atoms with Crippen LogP contribution in [0, 0.1) is 62.1 Å². The van der Waals surface area contributed by atoms with Gasteiger partial charge < -0.3 is 24.8 Å². The molecule has 18 atom stereocenters. The number of cyclic esters (lactones) is 1. The zero-order valence-corrected chi connectivity index (χ0v) is 52.8. The Morgan fingerprint density at radius 2 is 1.51 bits per heavy atom. The third-order valence-electron chi connectivity index (χ3n) is 29.2. The highest BCUT2D eigenvalue weighted by Crippen LogP contribution is 2.84. The lowest BCUT2D eigenvalue weighted by Crippen LogP contribution is -2.77. The van der Waals surface area contributed by atoms with E-state index in [4.69, 9.17) is 9.47 Å². The summed E-state index contributed by atoms with van der Waals surface area (Å²) in [5, 5.41) is 44.6. The van der Waals surface area contributed by atoms with Crippen molar-refractivity contribution in [3.8, 4) is 0 Å². The number of aryl methyl sites for hydroxylation is 1. The molecule has 15 rings (SSSR count). The molecule has 1 aliphatic heterocycles. The highest BCUT2D eigenvalue weighted by atomic mass is 16.5. The van der Waals surface area contributed by atoms with Crippen molar-refractivity contribution in [1.82, 2.24) is 0 Å². The molecule has 10 aliphatic carbocycles. The fourth-order valence-corrected chi connectivity index (χ4v) is 25.9. The monoisotopic (exact) mass is 1160 g/mol. The number of aliphatic hydroxyl groups is 3. The van der Waals surface area contributed by atoms with Crippen molar-refractivity contribution >= 4 is 22.7 Å². The van der Waals surface area contributed by atoms with E-state index in [9.17, 15) is 24.9 Å². The van der Waals surface area contributed by atoms with Crippen molar-refractivity contribution in [2.75, 3.05) is 6.61 Å². The normalized spacial score (nSPS) is 41.4. The molecule has 4 spiro atoms. The van der Waals surface area contributed by atoms with Gasteiger partial charge in [0.25, 0.3) is 0 Å². The minimum absolute atomic E-state index is 0.0836. The largest absolute Gasteiger partial charge is 0.462 e. The lowest BCUT2D eigenvalue weighted by Gasteiger charge is -2.70. The smallest absolute Gasteiger partial charge is 0.331 e. The number of carbonyl (C=O) groups excluding carboxylic acids is 2. The molecule has 0 saturated heterocycles. The van der Waals surface area contributed by atoms with Gasteiger partial charge in [0, 0.05) is 24.3 Å². The van der Waals surface area contributed by atoms with Gasteiger partial charge in [0.2, 0.25) is 0 Å². The molecule has 4 aromatic rings.